The topological polar surface area (TPSA) is 119 Å². The summed E-state index contributed by atoms with van der Waals surface area (Å²) in [4.78, 5) is 10.4. The molecule has 0 aliphatic carbocycles. The maximum Gasteiger partial charge on any atom is 0.527 e. The third-order valence-electron chi connectivity index (χ3n) is 5.11. The highest BCUT2D eigenvalue weighted by molar-refractivity contribution is 7.47. The van der Waals surface area contributed by atoms with E-state index in [9.17, 15) is 9.46 Å². The molecule has 3 N–H and O–H groups in total. The summed E-state index contributed by atoms with van der Waals surface area (Å²) in [6.45, 7) is 15.4. The van der Waals surface area contributed by atoms with E-state index in [4.69, 9.17) is 33.7 Å². The predicted molar refractivity (Wildman–Crippen MR) is 112 cm³/mol. The van der Waals surface area contributed by atoms with Crippen molar-refractivity contribution in [2.75, 3.05) is 13.2 Å². The van der Waals surface area contributed by atoms with Crippen molar-refractivity contribution in [2.45, 2.75) is 103 Å². The van der Waals surface area contributed by atoms with Crippen LogP contribution in [0.3, 0.4) is 0 Å². The van der Waals surface area contributed by atoms with Crippen LogP contribution >= 0.6 is 7.82 Å². The van der Waals surface area contributed by atoms with E-state index < -0.39 is 25.6 Å². The number of phosphoric acid groups is 1. The molecule has 2 heterocycles. The van der Waals surface area contributed by atoms with Gasteiger partial charge in [0.25, 0.3) is 0 Å². The van der Waals surface area contributed by atoms with Crippen LogP contribution in [-0.2, 0) is 32.6 Å². The molecule has 10 heteroatoms. The molecule has 2 fully saturated rings. The van der Waals surface area contributed by atoms with Crippen LogP contribution in [0.1, 0.15) is 54.4 Å². The number of nitrogens with two attached hydrogens (primary N) is 1. The molecule has 30 heavy (non-hydrogen) atoms. The van der Waals surface area contributed by atoms with Gasteiger partial charge in [-0.3, -0.25) is 9.42 Å². The highest BCUT2D eigenvalue weighted by Gasteiger charge is 2.51. The molecule has 2 aliphatic rings. The Balaban J connectivity index is 2.07. The fraction of sp³-hybridized carbons (Fsp3) is 0.900. The average molecular weight is 451 g/mol. The minimum Gasteiger partial charge on any atom is -0.406 e. The van der Waals surface area contributed by atoms with E-state index in [2.05, 4.69) is 6.58 Å². The van der Waals surface area contributed by atoms with Gasteiger partial charge in [-0.1, -0.05) is 6.58 Å². The lowest BCUT2D eigenvalue weighted by atomic mass is 9.97. The lowest BCUT2D eigenvalue weighted by Gasteiger charge is -2.34. The molecule has 9 nitrogen and oxygen atoms in total. The average Bonchev–Trinajstić information content (AvgIpc) is 3.11. The Kier molecular flexibility index (Phi) is 8.93. The van der Waals surface area contributed by atoms with Crippen LogP contribution in [0.25, 0.3) is 0 Å². The summed E-state index contributed by atoms with van der Waals surface area (Å²) in [5.41, 5.74) is 4.92. The summed E-state index contributed by atoms with van der Waals surface area (Å²) in [5.74, 6) is -0.000393. The molecule has 0 aromatic carbocycles. The molecule has 7 atom stereocenters. The first-order valence-electron chi connectivity index (χ1n) is 10.6. The summed E-state index contributed by atoms with van der Waals surface area (Å²) in [6, 6.07) is 0. The highest BCUT2D eigenvalue weighted by atomic mass is 31.2. The Morgan fingerprint density at radius 2 is 1.90 bits per heavy atom. The Morgan fingerprint density at radius 1 is 1.23 bits per heavy atom. The molecule has 1 unspecified atom stereocenters. The van der Waals surface area contributed by atoms with Crippen molar-refractivity contribution < 1.29 is 37.5 Å². The van der Waals surface area contributed by atoms with Crippen LogP contribution in [0.15, 0.2) is 12.3 Å². The van der Waals surface area contributed by atoms with Gasteiger partial charge in [-0.15, -0.1) is 0 Å². The van der Waals surface area contributed by atoms with Crippen molar-refractivity contribution >= 4 is 7.82 Å². The van der Waals surface area contributed by atoms with Crippen LogP contribution in [0.2, 0.25) is 0 Å². The molecule has 0 saturated carbocycles. The van der Waals surface area contributed by atoms with Crippen molar-refractivity contribution in [3.63, 3.8) is 0 Å². The van der Waals surface area contributed by atoms with Crippen LogP contribution < -0.4 is 5.73 Å². The normalized spacial score (nSPS) is 36.4. The van der Waals surface area contributed by atoms with Crippen molar-refractivity contribution in [1.29, 1.82) is 0 Å². The van der Waals surface area contributed by atoms with Crippen molar-refractivity contribution in [3.8, 4) is 0 Å². The lowest BCUT2D eigenvalue weighted by Crippen LogP contribution is -2.51. The lowest BCUT2D eigenvalue weighted by molar-refractivity contribution is -0.124. The van der Waals surface area contributed by atoms with Gasteiger partial charge in [0.2, 0.25) is 0 Å². The molecule has 2 saturated heterocycles. The second-order valence-electron chi connectivity index (χ2n) is 8.74. The molecule has 0 aromatic heterocycles. The van der Waals surface area contributed by atoms with Gasteiger partial charge in [0.05, 0.1) is 37.1 Å². The molecule has 0 bridgehead atoms. The van der Waals surface area contributed by atoms with E-state index in [1.54, 1.807) is 0 Å². The van der Waals surface area contributed by atoms with Gasteiger partial charge in [0.15, 0.2) is 0 Å². The summed E-state index contributed by atoms with van der Waals surface area (Å²) in [6.07, 6.45) is -1.09. The van der Waals surface area contributed by atoms with Crippen LogP contribution in [0, 0.1) is 0 Å². The van der Waals surface area contributed by atoms with Gasteiger partial charge in [0, 0.05) is 19.4 Å². The van der Waals surface area contributed by atoms with E-state index in [1.807, 2.05) is 41.5 Å². The largest absolute Gasteiger partial charge is 0.527 e. The Morgan fingerprint density at radius 3 is 2.47 bits per heavy atom. The SMILES string of the molecule is C=C(OP(=O)(O)O[C@@H]1C[C@H](C)O[C@]1(CN)COC(C)C)[C@H]1O[C@@H](C)C[C@H]1OC(C)C. The number of phosphoric ester groups is 1. The predicted octanol–water partition coefficient (Wildman–Crippen LogP) is 2.90. The van der Waals surface area contributed by atoms with Crippen LogP contribution in [0.5, 0.6) is 0 Å². The quantitative estimate of drug-likeness (QED) is 0.361. The summed E-state index contributed by atoms with van der Waals surface area (Å²) in [5, 5.41) is 0. The highest BCUT2D eigenvalue weighted by Crippen LogP contribution is 2.52. The molecular formula is C20H38NO8P. The van der Waals surface area contributed by atoms with E-state index in [1.165, 1.54) is 0 Å². The first-order chi connectivity index (χ1) is 13.9. The smallest absolute Gasteiger partial charge is 0.406 e. The molecule has 0 spiro atoms. The number of ether oxygens (including phenoxy) is 4. The van der Waals surface area contributed by atoms with Gasteiger partial charge in [-0.25, -0.2) is 4.57 Å². The minimum absolute atomic E-state index is 0.000393. The van der Waals surface area contributed by atoms with E-state index in [0.717, 1.165) is 0 Å². The van der Waals surface area contributed by atoms with E-state index in [-0.39, 0.29) is 49.4 Å². The molecular weight excluding hydrogens is 413 g/mol. The van der Waals surface area contributed by atoms with Gasteiger partial charge in [0.1, 0.15) is 23.6 Å². The maximum absolute atomic E-state index is 12.8. The third kappa shape index (κ3) is 6.74. The minimum atomic E-state index is -4.52. The van der Waals surface area contributed by atoms with Crippen LogP contribution in [-0.4, -0.2) is 66.4 Å². The van der Waals surface area contributed by atoms with Gasteiger partial charge < -0.3 is 29.2 Å². The van der Waals surface area contributed by atoms with Gasteiger partial charge in [-0.05, 0) is 41.5 Å². The summed E-state index contributed by atoms with van der Waals surface area (Å²) < 4.78 is 46.9. The zero-order chi connectivity index (χ0) is 22.7. The fourth-order valence-corrected chi connectivity index (χ4v) is 4.88. The molecule has 2 aliphatic heterocycles. The zero-order valence-corrected chi connectivity index (χ0v) is 19.8. The van der Waals surface area contributed by atoms with Crippen LogP contribution in [0.4, 0.5) is 0 Å². The molecule has 0 amide bonds. The monoisotopic (exact) mass is 451 g/mol. The maximum atomic E-state index is 12.8. The van der Waals surface area contributed by atoms with E-state index >= 15 is 0 Å². The molecule has 0 radical (unpaired) electrons. The standard InChI is InChI=1S/C20H38NO8P/c1-12(2)24-11-20(10-21)18(9-15(6)27-20)29-30(22,23)28-16(7)19-17(25-13(3)4)8-14(5)26-19/h12-15,17-19H,7-11,21H2,1-6H3,(H,22,23)/t14-,15-,17+,18+,19+,20+/m0/s1. The number of hydrogen-bond acceptors (Lipinski definition) is 8. The van der Waals surface area contributed by atoms with Gasteiger partial charge in [-0.2, -0.15) is 0 Å². The second kappa shape index (κ2) is 10.4. The van der Waals surface area contributed by atoms with Crippen molar-refractivity contribution in [1.82, 2.24) is 0 Å². The zero-order valence-electron chi connectivity index (χ0n) is 18.9. The fourth-order valence-electron chi connectivity index (χ4n) is 3.84. The third-order valence-corrected chi connectivity index (χ3v) is 6.10. The first-order valence-corrected chi connectivity index (χ1v) is 12.1. The van der Waals surface area contributed by atoms with Crippen molar-refractivity contribution in [2.24, 2.45) is 5.73 Å². The van der Waals surface area contributed by atoms with Gasteiger partial charge >= 0.3 is 7.82 Å². The summed E-state index contributed by atoms with van der Waals surface area (Å²) >= 11 is 0. The summed E-state index contributed by atoms with van der Waals surface area (Å²) in [7, 11) is -4.52. The number of hydrogen-bond donors (Lipinski definition) is 2. The second-order valence-corrected chi connectivity index (χ2v) is 10.1. The molecule has 176 valence electrons. The Hall–Kier alpha value is -0.510. The Bertz CT molecular complexity index is 630. The molecule has 2 rings (SSSR count). The van der Waals surface area contributed by atoms with E-state index in [0.29, 0.717) is 12.8 Å². The Labute approximate surface area is 179 Å². The van der Waals surface area contributed by atoms with Crippen molar-refractivity contribution in [3.05, 3.63) is 12.3 Å². The first kappa shape index (κ1) is 25.7. The number of rotatable bonds is 11. The molecule has 0 aromatic rings.